The van der Waals surface area contributed by atoms with E-state index in [9.17, 15) is 9.90 Å². The summed E-state index contributed by atoms with van der Waals surface area (Å²) in [5.41, 5.74) is 0.509. The first-order valence-electron chi connectivity index (χ1n) is 10.8. The molecule has 3 aliphatic rings. The van der Waals surface area contributed by atoms with Crippen molar-refractivity contribution in [1.82, 2.24) is 5.32 Å². The van der Waals surface area contributed by atoms with Crippen molar-refractivity contribution in [2.75, 3.05) is 0 Å². The monoisotopic (exact) mass is 449 g/mol. The van der Waals surface area contributed by atoms with Crippen LogP contribution >= 0.6 is 15.9 Å². The molecule has 1 aromatic rings. The normalized spacial score (nSPS) is 36.1. The molecule has 1 saturated heterocycles. The van der Waals surface area contributed by atoms with Gasteiger partial charge in [0, 0.05) is 29.4 Å². The average Bonchev–Trinajstić information content (AvgIpc) is 3.18. The third-order valence-corrected chi connectivity index (χ3v) is 7.96. The SMILES string of the molecule is C[C@H]1CC[C@H]2[C@H](C1)O[C@H](c1cccc(Br)c1O)C[C@]2(C)NC(=O)C1CCCC1. The number of hydrogen-bond acceptors (Lipinski definition) is 3. The lowest BCUT2D eigenvalue weighted by Gasteiger charge is -2.52. The van der Waals surface area contributed by atoms with E-state index < -0.39 is 0 Å². The van der Waals surface area contributed by atoms with Gasteiger partial charge in [-0.25, -0.2) is 0 Å². The van der Waals surface area contributed by atoms with Crippen molar-refractivity contribution in [3.8, 4) is 5.75 Å². The Morgan fingerprint density at radius 2 is 2.00 bits per heavy atom. The Bertz CT molecular complexity index is 733. The van der Waals surface area contributed by atoms with Gasteiger partial charge in [-0.05, 0) is 60.5 Å². The summed E-state index contributed by atoms with van der Waals surface area (Å²) in [6.07, 6.45) is 8.25. The van der Waals surface area contributed by atoms with Crippen LogP contribution in [0.15, 0.2) is 22.7 Å². The zero-order valence-corrected chi connectivity index (χ0v) is 18.5. The zero-order chi connectivity index (χ0) is 19.9. The molecular weight excluding hydrogens is 418 g/mol. The van der Waals surface area contributed by atoms with Crippen LogP contribution < -0.4 is 5.32 Å². The molecule has 5 heteroatoms. The number of halogens is 1. The Morgan fingerprint density at radius 1 is 1.25 bits per heavy atom. The Balaban J connectivity index is 1.62. The molecule has 1 aromatic carbocycles. The van der Waals surface area contributed by atoms with E-state index in [1.807, 2.05) is 18.2 Å². The summed E-state index contributed by atoms with van der Waals surface area (Å²) in [6.45, 7) is 4.49. The van der Waals surface area contributed by atoms with E-state index in [1.54, 1.807) is 0 Å². The number of phenolic OH excluding ortho intramolecular Hbond substituents is 1. The number of carbonyl (C=O) groups is 1. The molecule has 4 nitrogen and oxygen atoms in total. The van der Waals surface area contributed by atoms with Crippen LogP contribution in [0.25, 0.3) is 0 Å². The van der Waals surface area contributed by atoms with Gasteiger partial charge in [-0.3, -0.25) is 4.79 Å². The highest BCUT2D eigenvalue weighted by Crippen LogP contribution is 2.50. The van der Waals surface area contributed by atoms with E-state index in [0.29, 0.717) is 22.7 Å². The van der Waals surface area contributed by atoms with Crippen molar-refractivity contribution in [2.24, 2.45) is 17.8 Å². The number of fused-ring (bicyclic) bond motifs is 1. The lowest BCUT2D eigenvalue weighted by molar-refractivity contribution is -0.155. The molecule has 0 aromatic heterocycles. The van der Waals surface area contributed by atoms with Crippen molar-refractivity contribution in [1.29, 1.82) is 0 Å². The second-order valence-electron chi connectivity index (χ2n) is 9.46. The number of hydrogen-bond donors (Lipinski definition) is 2. The lowest BCUT2D eigenvalue weighted by atomic mass is 9.66. The third kappa shape index (κ3) is 3.85. The summed E-state index contributed by atoms with van der Waals surface area (Å²) in [5.74, 6) is 1.60. The number of benzene rings is 1. The molecule has 2 saturated carbocycles. The molecule has 0 spiro atoms. The van der Waals surface area contributed by atoms with Crippen molar-refractivity contribution in [2.45, 2.75) is 83.0 Å². The molecular formula is C23H32BrNO3. The molecule has 4 rings (SSSR count). The average molecular weight is 450 g/mol. The van der Waals surface area contributed by atoms with Crippen molar-refractivity contribution in [3.05, 3.63) is 28.2 Å². The van der Waals surface area contributed by atoms with Gasteiger partial charge in [0.1, 0.15) is 5.75 Å². The maximum absolute atomic E-state index is 13.0. The second kappa shape index (κ2) is 7.98. The van der Waals surface area contributed by atoms with Crippen molar-refractivity contribution in [3.63, 3.8) is 0 Å². The number of carbonyl (C=O) groups excluding carboxylic acids is 1. The van der Waals surface area contributed by atoms with Gasteiger partial charge in [-0.2, -0.15) is 0 Å². The number of phenols is 1. The van der Waals surface area contributed by atoms with E-state index in [0.717, 1.165) is 44.1 Å². The minimum absolute atomic E-state index is 0.120. The van der Waals surface area contributed by atoms with Gasteiger partial charge < -0.3 is 15.2 Å². The maximum atomic E-state index is 13.0. The maximum Gasteiger partial charge on any atom is 0.223 e. The zero-order valence-electron chi connectivity index (χ0n) is 16.9. The first-order valence-corrected chi connectivity index (χ1v) is 11.6. The topological polar surface area (TPSA) is 58.6 Å². The molecule has 2 N–H and O–H groups in total. The van der Waals surface area contributed by atoms with Crippen LogP contribution in [0.2, 0.25) is 0 Å². The largest absolute Gasteiger partial charge is 0.506 e. The number of ether oxygens (including phenoxy) is 1. The van der Waals surface area contributed by atoms with Crippen LogP contribution in [0, 0.1) is 17.8 Å². The molecule has 1 amide bonds. The van der Waals surface area contributed by atoms with E-state index in [2.05, 4.69) is 35.1 Å². The Labute approximate surface area is 176 Å². The number of para-hydroxylation sites is 1. The number of aromatic hydroxyl groups is 1. The molecule has 2 aliphatic carbocycles. The van der Waals surface area contributed by atoms with Crippen LogP contribution in [0.3, 0.4) is 0 Å². The van der Waals surface area contributed by atoms with Crippen LogP contribution in [-0.2, 0) is 9.53 Å². The summed E-state index contributed by atoms with van der Waals surface area (Å²) in [5, 5.41) is 14.1. The van der Waals surface area contributed by atoms with Gasteiger partial charge in [0.05, 0.1) is 16.7 Å². The van der Waals surface area contributed by atoms with Gasteiger partial charge in [-0.1, -0.05) is 38.3 Å². The first-order chi connectivity index (χ1) is 13.4. The highest BCUT2D eigenvalue weighted by Gasteiger charge is 2.50. The Morgan fingerprint density at radius 3 is 2.75 bits per heavy atom. The lowest BCUT2D eigenvalue weighted by Crippen LogP contribution is -2.61. The number of nitrogens with one attached hydrogen (secondary N) is 1. The third-order valence-electron chi connectivity index (χ3n) is 7.32. The molecule has 154 valence electrons. The van der Waals surface area contributed by atoms with Gasteiger partial charge >= 0.3 is 0 Å². The summed E-state index contributed by atoms with van der Waals surface area (Å²) in [4.78, 5) is 13.0. The quantitative estimate of drug-likeness (QED) is 0.641. The minimum Gasteiger partial charge on any atom is -0.506 e. The van der Waals surface area contributed by atoms with E-state index >= 15 is 0 Å². The molecule has 0 unspecified atom stereocenters. The van der Waals surface area contributed by atoms with Crippen LogP contribution in [0.4, 0.5) is 0 Å². The summed E-state index contributed by atoms with van der Waals surface area (Å²) < 4.78 is 7.24. The number of amides is 1. The standard InChI is InChI=1S/C23H32BrNO3/c1-14-10-11-17-19(12-14)28-20(16-8-5-9-18(24)21(16)26)13-23(17,2)25-22(27)15-6-3-4-7-15/h5,8-9,14-15,17,19-20,26H,3-4,6-7,10-13H2,1-2H3,(H,25,27)/t14-,17-,19-,20-,23-/m0/s1. The molecule has 1 aliphatic heterocycles. The van der Waals surface area contributed by atoms with E-state index in [-0.39, 0.29) is 35.3 Å². The fourth-order valence-corrected chi connectivity index (χ4v) is 6.08. The predicted molar refractivity (Wildman–Crippen MR) is 113 cm³/mol. The van der Waals surface area contributed by atoms with Crippen LogP contribution in [0.1, 0.15) is 76.9 Å². The van der Waals surface area contributed by atoms with Crippen LogP contribution in [0.5, 0.6) is 5.75 Å². The molecule has 0 radical (unpaired) electrons. The predicted octanol–water partition coefficient (Wildman–Crippen LogP) is 5.49. The Kier molecular flexibility index (Phi) is 5.76. The molecule has 28 heavy (non-hydrogen) atoms. The minimum atomic E-state index is -0.303. The smallest absolute Gasteiger partial charge is 0.223 e. The molecule has 3 fully saturated rings. The van der Waals surface area contributed by atoms with Gasteiger partial charge in [0.15, 0.2) is 0 Å². The summed E-state index contributed by atoms with van der Waals surface area (Å²) in [6, 6.07) is 5.72. The Hall–Kier alpha value is -1.07. The van der Waals surface area contributed by atoms with Gasteiger partial charge in [0.25, 0.3) is 0 Å². The molecule has 0 bridgehead atoms. The van der Waals surface area contributed by atoms with Gasteiger partial charge in [-0.15, -0.1) is 0 Å². The second-order valence-corrected chi connectivity index (χ2v) is 10.3. The number of rotatable bonds is 3. The fraction of sp³-hybridized carbons (Fsp3) is 0.696. The first kappa shape index (κ1) is 20.2. The van der Waals surface area contributed by atoms with Crippen molar-refractivity contribution < 1.29 is 14.6 Å². The van der Waals surface area contributed by atoms with Crippen LogP contribution in [-0.4, -0.2) is 22.7 Å². The fourth-order valence-electron chi connectivity index (χ4n) is 5.69. The highest BCUT2D eigenvalue weighted by molar-refractivity contribution is 9.10. The summed E-state index contributed by atoms with van der Waals surface area (Å²) >= 11 is 3.43. The van der Waals surface area contributed by atoms with E-state index in [1.165, 1.54) is 6.42 Å². The van der Waals surface area contributed by atoms with Crippen molar-refractivity contribution >= 4 is 21.8 Å². The van der Waals surface area contributed by atoms with E-state index in [4.69, 9.17) is 4.74 Å². The molecule has 1 heterocycles. The highest BCUT2D eigenvalue weighted by atomic mass is 79.9. The summed E-state index contributed by atoms with van der Waals surface area (Å²) in [7, 11) is 0. The molecule has 5 atom stereocenters. The van der Waals surface area contributed by atoms with Gasteiger partial charge in [0.2, 0.25) is 5.91 Å².